The summed E-state index contributed by atoms with van der Waals surface area (Å²) >= 11 is 0. The Kier molecular flexibility index (Phi) is 6.75. The Morgan fingerprint density at radius 1 is 1.15 bits per heavy atom. The number of hydrogen-bond acceptors (Lipinski definition) is 4. The first-order valence-corrected chi connectivity index (χ1v) is 9.07. The van der Waals surface area contributed by atoms with Gasteiger partial charge in [0, 0.05) is 38.5 Å². The molecule has 0 unspecified atom stereocenters. The van der Waals surface area contributed by atoms with Gasteiger partial charge < -0.3 is 14.4 Å². The molecule has 0 saturated carbocycles. The van der Waals surface area contributed by atoms with Gasteiger partial charge in [-0.25, -0.2) is 0 Å². The average Bonchev–Trinajstić information content (AvgIpc) is 2.69. The van der Waals surface area contributed by atoms with Crippen molar-refractivity contribution in [1.82, 2.24) is 9.88 Å². The Morgan fingerprint density at radius 3 is 2.65 bits per heavy atom. The minimum atomic E-state index is 0.0538. The monoisotopic (exact) mass is 354 g/mol. The van der Waals surface area contributed by atoms with Crippen LogP contribution in [0.2, 0.25) is 0 Å². The van der Waals surface area contributed by atoms with Crippen LogP contribution in [0.4, 0.5) is 0 Å². The summed E-state index contributed by atoms with van der Waals surface area (Å²) in [6, 6.07) is 14.4. The van der Waals surface area contributed by atoms with Gasteiger partial charge in [0.25, 0.3) is 0 Å². The number of rotatable bonds is 7. The van der Waals surface area contributed by atoms with Crippen LogP contribution in [0.25, 0.3) is 0 Å². The van der Waals surface area contributed by atoms with Crippen LogP contribution in [0.5, 0.6) is 0 Å². The maximum Gasteiger partial charge on any atom is 0.248 e. The molecule has 1 aliphatic heterocycles. The molecule has 0 aliphatic carbocycles. The Hall–Kier alpha value is -2.24. The standard InChI is InChI=1S/C21H26N2O3/c1-25-16-21(24)23-12-9-20(26-15-18-7-10-22-11-8-18)19(14-23)13-17-5-3-2-4-6-17/h2-8,10-11,19-20H,9,12-16H2,1H3/t19-,20-/m1/s1. The zero-order chi connectivity index (χ0) is 18.2. The van der Waals surface area contributed by atoms with Gasteiger partial charge in [0.15, 0.2) is 0 Å². The van der Waals surface area contributed by atoms with Crippen molar-refractivity contribution in [2.75, 3.05) is 26.8 Å². The molecule has 2 atom stereocenters. The van der Waals surface area contributed by atoms with E-state index < -0.39 is 0 Å². The summed E-state index contributed by atoms with van der Waals surface area (Å²) in [5.74, 6) is 0.326. The quantitative estimate of drug-likeness (QED) is 0.767. The number of carbonyl (C=O) groups excluding carboxylic acids is 1. The molecule has 5 nitrogen and oxygen atoms in total. The molecule has 0 spiro atoms. The summed E-state index contributed by atoms with van der Waals surface area (Å²) in [4.78, 5) is 18.2. The number of ether oxygens (including phenoxy) is 2. The minimum absolute atomic E-state index is 0.0538. The third kappa shape index (κ3) is 5.13. The Bertz CT molecular complexity index is 678. The van der Waals surface area contributed by atoms with Crippen LogP contribution in [0.15, 0.2) is 54.9 Å². The van der Waals surface area contributed by atoms with Crippen LogP contribution in [0.1, 0.15) is 17.5 Å². The number of hydrogen-bond donors (Lipinski definition) is 0. The van der Waals surface area contributed by atoms with Crippen molar-refractivity contribution in [3.05, 3.63) is 66.0 Å². The molecule has 1 amide bonds. The van der Waals surface area contributed by atoms with Crippen molar-refractivity contribution in [3.63, 3.8) is 0 Å². The molecule has 1 fully saturated rings. The van der Waals surface area contributed by atoms with Gasteiger partial charge in [0.05, 0.1) is 12.7 Å². The summed E-state index contributed by atoms with van der Waals surface area (Å²) < 4.78 is 11.3. The summed E-state index contributed by atoms with van der Waals surface area (Å²) in [5.41, 5.74) is 2.40. The predicted molar refractivity (Wildman–Crippen MR) is 99.5 cm³/mol. The molecule has 138 valence electrons. The summed E-state index contributed by atoms with van der Waals surface area (Å²) in [5, 5.41) is 0. The van der Waals surface area contributed by atoms with E-state index in [1.54, 1.807) is 19.5 Å². The molecule has 1 aromatic heterocycles. The second-order valence-corrected chi connectivity index (χ2v) is 6.72. The largest absolute Gasteiger partial charge is 0.375 e. The SMILES string of the molecule is COCC(=O)N1CC[C@@H](OCc2ccncc2)[C@H](Cc2ccccc2)C1. The number of piperidine rings is 1. The van der Waals surface area contributed by atoms with Crippen LogP contribution in [0.3, 0.4) is 0 Å². The van der Waals surface area contributed by atoms with Gasteiger partial charge in [-0.2, -0.15) is 0 Å². The van der Waals surface area contributed by atoms with Gasteiger partial charge in [0.2, 0.25) is 5.91 Å². The van der Waals surface area contributed by atoms with Crippen LogP contribution in [0, 0.1) is 5.92 Å². The topological polar surface area (TPSA) is 51.7 Å². The highest BCUT2D eigenvalue weighted by Crippen LogP contribution is 2.25. The molecule has 0 bridgehead atoms. The number of methoxy groups -OCH3 is 1. The lowest BCUT2D eigenvalue weighted by Crippen LogP contribution is -2.48. The van der Waals surface area contributed by atoms with E-state index in [4.69, 9.17) is 9.47 Å². The number of nitrogens with zero attached hydrogens (tertiary/aromatic N) is 2. The van der Waals surface area contributed by atoms with E-state index in [9.17, 15) is 4.79 Å². The summed E-state index contributed by atoms with van der Waals surface area (Å²) in [6.45, 7) is 2.14. The predicted octanol–water partition coefficient (Wildman–Crippen LogP) is 2.70. The zero-order valence-electron chi connectivity index (χ0n) is 15.2. The Balaban J connectivity index is 1.66. The van der Waals surface area contributed by atoms with Gasteiger partial charge in [-0.05, 0) is 36.1 Å². The normalized spacial score (nSPS) is 20.1. The number of benzene rings is 1. The molecule has 0 radical (unpaired) electrons. The van der Waals surface area contributed by atoms with Gasteiger partial charge in [-0.3, -0.25) is 9.78 Å². The molecule has 3 rings (SSSR count). The maximum absolute atomic E-state index is 12.2. The maximum atomic E-state index is 12.2. The number of pyridine rings is 1. The van der Waals surface area contributed by atoms with E-state index in [1.807, 2.05) is 23.1 Å². The van der Waals surface area contributed by atoms with E-state index >= 15 is 0 Å². The van der Waals surface area contributed by atoms with Gasteiger partial charge in [0.1, 0.15) is 6.61 Å². The first kappa shape index (κ1) is 18.5. The molecule has 0 N–H and O–H groups in total. The first-order chi connectivity index (χ1) is 12.8. The summed E-state index contributed by atoms with van der Waals surface area (Å²) in [7, 11) is 1.56. The van der Waals surface area contributed by atoms with Gasteiger partial charge in [-0.15, -0.1) is 0 Å². The Morgan fingerprint density at radius 2 is 1.92 bits per heavy atom. The fraction of sp³-hybridized carbons (Fsp3) is 0.429. The van der Waals surface area contributed by atoms with Crippen LogP contribution in [-0.4, -0.2) is 48.7 Å². The number of carbonyl (C=O) groups is 1. The summed E-state index contributed by atoms with van der Waals surface area (Å²) in [6.07, 6.45) is 5.45. The van der Waals surface area contributed by atoms with E-state index in [-0.39, 0.29) is 24.5 Å². The van der Waals surface area contributed by atoms with E-state index in [2.05, 4.69) is 29.2 Å². The highest BCUT2D eigenvalue weighted by molar-refractivity contribution is 5.77. The molecular weight excluding hydrogens is 328 g/mol. The van der Waals surface area contributed by atoms with Crippen LogP contribution >= 0.6 is 0 Å². The molecule has 1 aromatic carbocycles. The number of amides is 1. The smallest absolute Gasteiger partial charge is 0.248 e. The lowest BCUT2D eigenvalue weighted by molar-refractivity contribution is -0.140. The molecule has 5 heteroatoms. The van der Waals surface area contributed by atoms with Crippen molar-refractivity contribution in [2.24, 2.45) is 5.92 Å². The Labute approximate surface area is 155 Å². The molecule has 1 saturated heterocycles. The lowest BCUT2D eigenvalue weighted by Gasteiger charge is -2.38. The zero-order valence-corrected chi connectivity index (χ0v) is 15.2. The average molecular weight is 354 g/mol. The van der Waals surface area contributed by atoms with Crippen molar-refractivity contribution in [2.45, 2.75) is 25.6 Å². The van der Waals surface area contributed by atoms with Crippen molar-refractivity contribution >= 4 is 5.91 Å². The van der Waals surface area contributed by atoms with Crippen molar-refractivity contribution in [1.29, 1.82) is 0 Å². The lowest BCUT2D eigenvalue weighted by atomic mass is 9.88. The van der Waals surface area contributed by atoms with Crippen molar-refractivity contribution < 1.29 is 14.3 Å². The third-order valence-corrected chi connectivity index (χ3v) is 4.84. The molecular formula is C21H26N2O3. The van der Waals surface area contributed by atoms with Gasteiger partial charge >= 0.3 is 0 Å². The highest BCUT2D eigenvalue weighted by Gasteiger charge is 2.32. The van der Waals surface area contributed by atoms with Crippen molar-refractivity contribution in [3.8, 4) is 0 Å². The fourth-order valence-corrected chi connectivity index (χ4v) is 3.47. The van der Waals surface area contributed by atoms with Crippen LogP contribution < -0.4 is 0 Å². The molecule has 26 heavy (non-hydrogen) atoms. The number of aromatic nitrogens is 1. The second-order valence-electron chi connectivity index (χ2n) is 6.72. The number of likely N-dealkylation sites (tertiary alicyclic amines) is 1. The van der Waals surface area contributed by atoms with E-state index in [0.29, 0.717) is 19.7 Å². The van der Waals surface area contributed by atoms with E-state index in [1.165, 1.54) is 5.56 Å². The van der Waals surface area contributed by atoms with Crippen LogP contribution in [-0.2, 0) is 27.3 Å². The fourth-order valence-electron chi connectivity index (χ4n) is 3.47. The first-order valence-electron chi connectivity index (χ1n) is 9.07. The third-order valence-electron chi connectivity index (χ3n) is 4.84. The van der Waals surface area contributed by atoms with Gasteiger partial charge in [-0.1, -0.05) is 30.3 Å². The highest BCUT2D eigenvalue weighted by atomic mass is 16.5. The second kappa shape index (κ2) is 9.46. The molecule has 2 aromatic rings. The molecule has 2 heterocycles. The van der Waals surface area contributed by atoms with E-state index in [0.717, 1.165) is 18.4 Å². The molecule has 1 aliphatic rings. The minimum Gasteiger partial charge on any atom is -0.375 e.